The lowest BCUT2D eigenvalue weighted by molar-refractivity contribution is 0.232. The van der Waals surface area contributed by atoms with E-state index >= 15 is 0 Å². The van der Waals surface area contributed by atoms with Crippen LogP contribution in [0.15, 0.2) is 18.2 Å². The van der Waals surface area contributed by atoms with Crippen LogP contribution in [0.5, 0.6) is 5.75 Å². The lowest BCUT2D eigenvalue weighted by Gasteiger charge is -2.38. The van der Waals surface area contributed by atoms with Crippen LogP contribution in [0.4, 0.5) is 4.39 Å². The predicted octanol–water partition coefficient (Wildman–Crippen LogP) is 3.20. The highest BCUT2D eigenvalue weighted by atomic mass is 19.1. The molecule has 0 bridgehead atoms. The molecule has 0 saturated heterocycles. The summed E-state index contributed by atoms with van der Waals surface area (Å²) in [7, 11) is 1.60. The number of hydrogen-bond acceptors (Lipinski definition) is 2. The van der Waals surface area contributed by atoms with Crippen LogP contribution in [-0.4, -0.2) is 7.11 Å². The maximum Gasteiger partial charge on any atom is 0.124 e. The summed E-state index contributed by atoms with van der Waals surface area (Å²) in [6.07, 6.45) is 4.10. The van der Waals surface area contributed by atoms with E-state index in [0.717, 1.165) is 24.8 Å². The lowest BCUT2D eigenvalue weighted by atomic mass is 9.73. The zero-order chi connectivity index (χ0) is 12.5. The molecule has 1 aromatic rings. The molecule has 1 aliphatic rings. The first-order valence-electron chi connectivity index (χ1n) is 6.18. The maximum atomic E-state index is 13.4. The third-order valence-corrected chi connectivity index (χ3v) is 3.73. The van der Waals surface area contributed by atoms with Crippen molar-refractivity contribution in [2.45, 2.75) is 38.1 Å². The summed E-state index contributed by atoms with van der Waals surface area (Å²) in [6, 6.07) is 4.60. The van der Waals surface area contributed by atoms with Crippen LogP contribution in [0.1, 0.15) is 38.2 Å². The van der Waals surface area contributed by atoms with E-state index in [1.807, 2.05) is 0 Å². The lowest BCUT2D eigenvalue weighted by Crippen LogP contribution is -2.41. The molecule has 2 rings (SSSR count). The van der Waals surface area contributed by atoms with Crippen LogP contribution >= 0.6 is 0 Å². The van der Waals surface area contributed by atoms with Gasteiger partial charge >= 0.3 is 0 Å². The van der Waals surface area contributed by atoms with Crippen molar-refractivity contribution < 1.29 is 9.13 Å². The third-order valence-electron chi connectivity index (χ3n) is 3.73. The smallest absolute Gasteiger partial charge is 0.124 e. The van der Waals surface area contributed by atoms with Crippen LogP contribution in [0.25, 0.3) is 0 Å². The van der Waals surface area contributed by atoms with Gasteiger partial charge in [-0.1, -0.05) is 19.8 Å². The van der Waals surface area contributed by atoms with Crippen molar-refractivity contribution in [1.29, 1.82) is 0 Å². The minimum absolute atomic E-state index is 0.246. The van der Waals surface area contributed by atoms with E-state index in [1.54, 1.807) is 13.2 Å². The summed E-state index contributed by atoms with van der Waals surface area (Å²) in [5, 5.41) is 0. The van der Waals surface area contributed by atoms with Crippen molar-refractivity contribution >= 4 is 0 Å². The molecule has 1 aromatic carbocycles. The Kier molecular flexibility index (Phi) is 3.38. The highest BCUT2D eigenvalue weighted by Gasteiger charge is 2.35. The molecular formula is C14H20FNO. The van der Waals surface area contributed by atoms with E-state index < -0.39 is 5.54 Å². The standard InChI is InChI=1S/C14H20FNO/c1-10-4-3-7-14(16,9-10)12-8-11(15)5-6-13(12)17-2/h5-6,8,10H,3-4,7,9,16H2,1-2H3. The van der Waals surface area contributed by atoms with Crippen LogP contribution in [0, 0.1) is 11.7 Å². The van der Waals surface area contributed by atoms with Crippen molar-refractivity contribution in [3.63, 3.8) is 0 Å². The minimum atomic E-state index is -0.439. The number of hydrogen-bond donors (Lipinski definition) is 1. The van der Waals surface area contributed by atoms with Crippen molar-refractivity contribution in [1.82, 2.24) is 0 Å². The first kappa shape index (κ1) is 12.4. The second-order valence-corrected chi connectivity index (χ2v) is 5.20. The molecule has 0 heterocycles. The van der Waals surface area contributed by atoms with Crippen LogP contribution < -0.4 is 10.5 Å². The molecule has 17 heavy (non-hydrogen) atoms. The van der Waals surface area contributed by atoms with Gasteiger partial charge in [-0.25, -0.2) is 4.39 Å². The van der Waals surface area contributed by atoms with Gasteiger partial charge in [-0.3, -0.25) is 0 Å². The number of rotatable bonds is 2. The molecular weight excluding hydrogens is 217 g/mol. The van der Waals surface area contributed by atoms with Crippen LogP contribution in [0.3, 0.4) is 0 Å². The quantitative estimate of drug-likeness (QED) is 0.857. The SMILES string of the molecule is COc1ccc(F)cc1C1(N)CCCC(C)C1. The zero-order valence-corrected chi connectivity index (χ0v) is 10.5. The fraction of sp³-hybridized carbons (Fsp3) is 0.571. The van der Waals surface area contributed by atoms with Gasteiger partial charge in [0.1, 0.15) is 11.6 Å². The predicted molar refractivity (Wildman–Crippen MR) is 66.4 cm³/mol. The fourth-order valence-electron chi connectivity index (χ4n) is 2.91. The molecule has 0 aromatic heterocycles. The molecule has 0 radical (unpaired) electrons. The van der Waals surface area contributed by atoms with Crippen molar-refractivity contribution in [2.75, 3.05) is 7.11 Å². The van der Waals surface area contributed by atoms with Crippen LogP contribution in [0.2, 0.25) is 0 Å². The van der Waals surface area contributed by atoms with Gasteiger partial charge in [0.05, 0.1) is 7.11 Å². The Balaban J connectivity index is 2.40. The average Bonchev–Trinajstić information content (AvgIpc) is 2.28. The minimum Gasteiger partial charge on any atom is -0.496 e. The van der Waals surface area contributed by atoms with Crippen molar-refractivity contribution in [3.05, 3.63) is 29.6 Å². The van der Waals surface area contributed by atoms with E-state index in [2.05, 4.69) is 6.92 Å². The van der Waals surface area contributed by atoms with Gasteiger partial charge in [-0.05, 0) is 37.0 Å². The first-order valence-corrected chi connectivity index (χ1v) is 6.18. The van der Waals surface area contributed by atoms with Crippen molar-refractivity contribution in [2.24, 2.45) is 11.7 Å². The summed E-state index contributed by atoms with van der Waals surface area (Å²) in [4.78, 5) is 0. The molecule has 1 fully saturated rings. The number of halogens is 1. The fourth-order valence-corrected chi connectivity index (χ4v) is 2.91. The first-order chi connectivity index (χ1) is 8.05. The number of benzene rings is 1. The second kappa shape index (κ2) is 4.65. The number of nitrogens with two attached hydrogens (primary N) is 1. The van der Waals surface area contributed by atoms with Crippen LogP contribution in [-0.2, 0) is 5.54 Å². The maximum absolute atomic E-state index is 13.4. The molecule has 0 amide bonds. The number of ether oxygens (including phenoxy) is 1. The average molecular weight is 237 g/mol. The monoisotopic (exact) mass is 237 g/mol. The topological polar surface area (TPSA) is 35.2 Å². The highest BCUT2D eigenvalue weighted by Crippen LogP contribution is 2.41. The summed E-state index contributed by atoms with van der Waals surface area (Å²) in [6.45, 7) is 2.20. The molecule has 1 aliphatic carbocycles. The van der Waals surface area contributed by atoms with Gasteiger partial charge in [0.25, 0.3) is 0 Å². The van der Waals surface area contributed by atoms with E-state index in [9.17, 15) is 4.39 Å². The third kappa shape index (κ3) is 2.44. The van der Waals surface area contributed by atoms with E-state index in [-0.39, 0.29) is 5.82 Å². The Labute approximate surface area is 102 Å². The molecule has 2 N–H and O–H groups in total. The summed E-state index contributed by atoms with van der Waals surface area (Å²) in [5.41, 5.74) is 6.84. The van der Waals surface area contributed by atoms with Gasteiger partial charge < -0.3 is 10.5 Å². The van der Waals surface area contributed by atoms with Gasteiger partial charge in [-0.15, -0.1) is 0 Å². The van der Waals surface area contributed by atoms with E-state index in [4.69, 9.17) is 10.5 Å². The normalized spacial score (nSPS) is 29.1. The Morgan fingerprint density at radius 3 is 2.88 bits per heavy atom. The Morgan fingerprint density at radius 2 is 2.24 bits per heavy atom. The van der Waals surface area contributed by atoms with E-state index in [0.29, 0.717) is 11.7 Å². The Morgan fingerprint density at radius 1 is 1.47 bits per heavy atom. The summed E-state index contributed by atoms with van der Waals surface area (Å²) >= 11 is 0. The van der Waals surface area contributed by atoms with E-state index in [1.165, 1.54) is 18.6 Å². The molecule has 94 valence electrons. The van der Waals surface area contributed by atoms with Gasteiger partial charge in [-0.2, -0.15) is 0 Å². The molecule has 0 spiro atoms. The van der Waals surface area contributed by atoms with Crippen molar-refractivity contribution in [3.8, 4) is 5.75 Å². The number of methoxy groups -OCH3 is 1. The second-order valence-electron chi connectivity index (χ2n) is 5.20. The molecule has 2 atom stereocenters. The zero-order valence-electron chi connectivity index (χ0n) is 10.5. The van der Waals surface area contributed by atoms with Gasteiger partial charge in [0.15, 0.2) is 0 Å². The Hall–Kier alpha value is -1.09. The molecule has 2 unspecified atom stereocenters. The van der Waals surface area contributed by atoms with Gasteiger partial charge in [0.2, 0.25) is 0 Å². The summed E-state index contributed by atoms with van der Waals surface area (Å²) in [5.74, 6) is 1.04. The molecule has 3 heteroatoms. The highest BCUT2D eigenvalue weighted by molar-refractivity contribution is 5.39. The Bertz CT molecular complexity index is 407. The summed E-state index contributed by atoms with van der Waals surface area (Å²) < 4.78 is 18.7. The largest absolute Gasteiger partial charge is 0.496 e. The molecule has 2 nitrogen and oxygen atoms in total. The van der Waals surface area contributed by atoms with Gasteiger partial charge in [0, 0.05) is 11.1 Å². The molecule has 0 aliphatic heterocycles. The molecule has 1 saturated carbocycles.